The molecule has 0 saturated heterocycles. The molecule has 16 heavy (non-hydrogen) atoms. The highest BCUT2D eigenvalue weighted by molar-refractivity contribution is 5.82. The average molecular weight is 232 g/mol. The molecule has 7 nitrogen and oxygen atoms in total. The Balaban J connectivity index is 3.62. The van der Waals surface area contributed by atoms with Crippen molar-refractivity contribution in [2.24, 2.45) is 10.9 Å². The Labute approximate surface area is 95.0 Å². The number of nitrogens with one attached hydrogen (secondary N) is 2. The quantitative estimate of drug-likeness (QED) is 0.139. The molecule has 0 aromatic carbocycles. The van der Waals surface area contributed by atoms with Crippen LogP contribution in [0.2, 0.25) is 0 Å². The second-order valence-electron chi connectivity index (χ2n) is 3.30. The van der Waals surface area contributed by atoms with Gasteiger partial charge in [-0.15, -0.1) is 0 Å². The van der Waals surface area contributed by atoms with Crippen LogP contribution in [0, 0.1) is 0 Å². The molecule has 0 aromatic rings. The molecular formula is C9H20N4O3. The number of amidine groups is 1. The summed E-state index contributed by atoms with van der Waals surface area (Å²) in [7, 11) is 1.57. The predicted octanol–water partition coefficient (Wildman–Crippen LogP) is -1.14. The Kier molecular flexibility index (Phi) is 8.18. The van der Waals surface area contributed by atoms with Gasteiger partial charge in [0.15, 0.2) is 0 Å². The molecular weight excluding hydrogens is 212 g/mol. The minimum absolute atomic E-state index is 0.100. The molecule has 5 N–H and O–H groups in total. The lowest BCUT2D eigenvalue weighted by Crippen LogP contribution is -2.44. The van der Waals surface area contributed by atoms with E-state index >= 15 is 0 Å². The number of ether oxygens (including phenoxy) is 1. The van der Waals surface area contributed by atoms with Crippen LogP contribution in [0.1, 0.15) is 13.3 Å². The van der Waals surface area contributed by atoms with E-state index in [1.807, 2.05) is 0 Å². The highest BCUT2D eigenvalue weighted by Crippen LogP contribution is 1.84. The minimum Gasteiger partial charge on any atom is -0.409 e. The third-order valence-corrected chi connectivity index (χ3v) is 1.96. The van der Waals surface area contributed by atoms with Gasteiger partial charge in [-0.05, 0) is 6.92 Å². The first kappa shape index (κ1) is 14.7. The summed E-state index contributed by atoms with van der Waals surface area (Å²) < 4.78 is 4.80. The lowest BCUT2D eigenvalue weighted by Gasteiger charge is -2.13. The number of carbonyl (C=O) groups excluding carboxylic acids is 1. The number of nitrogens with two attached hydrogens (primary N) is 1. The van der Waals surface area contributed by atoms with Crippen molar-refractivity contribution in [2.45, 2.75) is 19.4 Å². The van der Waals surface area contributed by atoms with E-state index in [-0.39, 0.29) is 17.8 Å². The smallest absolute Gasteiger partial charge is 0.236 e. The van der Waals surface area contributed by atoms with Crippen molar-refractivity contribution in [3.05, 3.63) is 0 Å². The summed E-state index contributed by atoms with van der Waals surface area (Å²) in [5.41, 5.74) is 5.28. The molecule has 0 aliphatic carbocycles. The van der Waals surface area contributed by atoms with E-state index in [1.54, 1.807) is 14.0 Å². The summed E-state index contributed by atoms with van der Waals surface area (Å²) in [6.07, 6.45) is 0.395. The molecule has 94 valence electrons. The maximum atomic E-state index is 11.4. The number of methoxy groups -OCH3 is 1. The van der Waals surface area contributed by atoms with Gasteiger partial charge >= 0.3 is 0 Å². The van der Waals surface area contributed by atoms with Gasteiger partial charge < -0.3 is 26.3 Å². The topological polar surface area (TPSA) is 109 Å². The monoisotopic (exact) mass is 232 g/mol. The molecule has 1 atom stereocenters. The van der Waals surface area contributed by atoms with Crippen LogP contribution in [0.3, 0.4) is 0 Å². The molecule has 1 amide bonds. The van der Waals surface area contributed by atoms with Gasteiger partial charge in [0.25, 0.3) is 0 Å². The maximum Gasteiger partial charge on any atom is 0.236 e. The molecule has 0 fully saturated rings. The molecule has 1 unspecified atom stereocenters. The molecule has 0 heterocycles. The minimum atomic E-state index is -0.316. The molecule has 0 aliphatic rings. The lowest BCUT2D eigenvalue weighted by atomic mass is 10.3. The fourth-order valence-electron chi connectivity index (χ4n) is 0.989. The van der Waals surface area contributed by atoms with Crippen LogP contribution in [0.25, 0.3) is 0 Å². The zero-order valence-corrected chi connectivity index (χ0v) is 9.69. The first-order valence-corrected chi connectivity index (χ1v) is 5.08. The number of rotatable bonds is 8. The third-order valence-electron chi connectivity index (χ3n) is 1.96. The van der Waals surface area contributed by atoms with Crippen molar-refractivity contribution in [1.29, 1.82) is 0 Å². The summed E-state index contributed by atoms with van der Waals surface area (Å²) in [5.74, 6) is 0.0380. The molecule has 0 rings (SSSR count). The molecule has 7 heteroatoms. The molecule has 0 radical (unpaired) electrons. The lowest BCUT2D eigenvalue weighted by molar-refractivity contribution is -0.122. The predicted molar refractivity (Wildman–Crippen MR) is 60.4 cm³/mol. The largest absolute Gasteiger partial charge is 0.409 e. The fourth-order valence-corrected chi connectivity index (χ4v) is 0.989. The molecule has 0 bridgehead atoms. The SMILES string of the molecule is COCCNC(=O)C(C)NCCC(N)=NO. The summed E-state index contributed by atoms with van der Waals surface area (Å²) in [5, 5.41) is 16.8. The van der Waals surface area contributed by atoms with Crippen molar-refractivity contribution >= 4 is 11.7 Å². The Bertz CT molecular complexity index is 233. The van der Waals surface area contributed by atoms with Gasteiger partial charge in [-0.1, -0.05) is 5.16 Å². The van der Waals surface area contributed by atoms with Gasteiger partial charge in [0.1, 0.15) is 5.84 Å². The van der Waals surface area contributed by atoms with Crippen molar-refractivity contribution in [3.8, 4) is 0 Å². The van der Waals surface area contributed by atoms with Crippen molar-refractivity contribution in [3.63, 3.8) is 0 Å². The van der Waals surface area contributed by atoms with Crippen molar-refractivity contribution in [1.82, 2.24) is 10.6 Å². The normalized spacial score (nSPS) is 13.5. The van der Waals surface area contributed by atoms with Gasteiger partial charge in [0.05, 0.1) is 12.6 Å². The molecule has 0 saturated carbocycles. The van der Waals surface area contributed by atoms with E-state index < -0.39 is 0 Å². The van der Waals surface area contributed by atoms with Crippen molar-refractivity contribution in [2.75, 3.05) is 26.8 Å². The number of amides is 1. The highest BCUT2D eigenvalue weighted by Gasteiger charge is 2.10. The van der Waals surface area contributed by atoms with Crippen LogP contribution in [-0.4, -0.2) is 49.8 Å². The van der Waals surface area contributed by atoms with E-state index in [0.29, 0.717) is 26.1 Å². The van der Waals surface area contributed by atoms with Crippen LogP contribution < -0.4 is 16.4 Å². The molecule has 0 aromatic heterocycles. The Hall–Kier alpha value is -1.34. The zero-order chi connectivity index (χ0) is 12.4. The van der Waals surface area contributed by atoms with Crippen LogP contribution in [0.15, 0.2) is 5.16 Å². The van der Waals surface area contributed by atoms with E-state index in [1.165, 1.54) is 0 Å². The van der Waals surface area contributed by atoms with Crippen LogP contribution in [0.5, 0.6) is 0 Å². The van der Waals surface area contributed by atoms with E-state index in [0.717, 1.165) is 0 Å². The van der Waals surface area contributed by atoms with E-state index in [9.17, 15) is 4.79 Å². The van der Waals surface area contributed by atoms with Crippen LogP contribution >= 0.6 is 0 Å². The second-order valence-corrected chi connectivity index (χ2v) is 3.30. The van der Waals surface area contributed by atoms with E-state index in [4.69, 9.17) is 15.7 Å². The number of oxime groups is 1. The summed E-state index contributed by atoms with van der Waals surface area (Å²) in [6.45, 7) is 3.20. The Morgan fingerprint density at radius 1 is 1.56 bits per heavy atom. The fraction of sp³-hybridized carbons (Fsp3) is 0.778. The number of hydrogen-bond donors (Lipinski definition) is 4. The van der Waals surface area contributed by atoms with Crippen LogP contribution in [0.4, 0.5) is 0 Å². The second kappa shape index (κ2) is 8.93. The van der Waals surface area contributed by atoms with Crippen molar-refractivity contribution < 1.29 is 14.7 Å². The summed E-state index contributed by atoms with van der Waals surface area (Å²) in [6, 6.07) is -0.316. The van der Waals surface area contributed by atoms with Gasteiger partial charge in [-0.3, -0.25) is 4.79 Å². The first-order chi connectivity index (χ1) is 7.61. The Morgan fingerprint density at radius 2 is 2.25 bits per heavy atom. The van der Waals surface area contributed by atoms with E-state index in [2.05, 4.69) is 15.8 Å². The molecule has 0 spiro atoms. The number of nitrogens with zero attached hydrogens (tertiary/aromatic N) is 1. The maximum absolute atomic E-state index is 11.4. The first-order valence-electron chi connectivity index (χ1n) is 5.08. The molecule has 0 aliphatic heterocycles. The zero-order valence-electron chi connectivity index (χ0n) is 9.69. The average Bonchev–Trinajstić information content (AvgIpc) is 2.28. The summed E-state index contributed by atoms with van der Waals surface area (Å²) in [4.78, 5) is 11.4. The van der Waals surface area contributed by atoms with Gasteiger partial charge in [-0.25, -0.2) is 0 Å². The number of hydrogen-bond acceptors (Lipinski definition) is 5. The number of carbonyl (C=O) groups is 1. The third kappa shape index (κ3) is 7.02. The Morgan fingerprint density at radius 3 is 2.81 bits per heavy atom. The van der Waals surface area contributed by atoms with Gasteiger partial charge in [0, 0.05) is 26.6 Å². The van der Waals surface area contributed by atoms with Crippen LogP contribution in [-0.2, 0) is 9.53 Å². The van der Waals surface area contributed by atoms with Gasteiger partial charge in [-0.2, -0.15) is 0 Å². The standard InChI is InChI=1S/C9H20N4O3/c1-7(9(14)12-5-6-16-2)11-4-3-8(10)13-15/h7,11,15H,3-6H2,1-2H3,(H2,10,13)(H,12,14). The van der Waals surface area contributed by atoms with Gasteiger partial charge in [0.2, 0.25) is 5.91 Å². The summed E-state index contributed by atoms with van der Waals surface area (Å²) >= 11 is 0. The highest BCUT2D eigenvalue weighted by atomic mass is 16.5.